The van der Waals surface area contributed by atoms with Gasteiger partial charge in [-0.05, 0) is 17.7 Å². The molecule has 88 valence electrons. The van der Waals surface area contributed by atoms with Crippen LogP contribution in [0.3, 0.4) is 0 Å². The van der Waals surface area contributed by atoms with E-state index in [2.05, 4.69) is 0 Å². The Kier molecular flexibility index (Phi) is 4.93. The molecule has 0 unspecified atom stereocenters. The van der Waals surface area contributed by atoms with Crippen molar-refractivity contribution in [1.82, 2.24) is 0 Å². The quantitative estimate of drug-likeness (QED) is 0.860. The number of ether oxygens (including phenoxy) is 1. The highest BCUT2D eigenvalue weighted by molar-refractivity contribution is 6.68. The molecule has 0 aliphatic rings. The smallest absolute Gasteiger partial charge is 0.219 e. The minimum Gasteiger partial charge on any atom is -0.497 e. The summed E-state index contributed by atoms with van der Waals surface area (Å²) < 4.78 is 3.31. The molecule has 0 saturated heterocycles. The van der Waals surface area contributed by atoms with Crippen molar-refractivity contribution in [3.8, 4) is 5.75 Å². The van der Waals surface area contributed by atoms with E-state index in [0.717, 1.165) is 11.3 Å². The molecule has 5 heteroatoms. The first-order valence-corrected chi connectivity index (χ1v) is 5.64. The number of alkyl halides is 3. The molecular weight excluding hydrogens is 270 g/mol. The van der Waals surface area contributed by atoms with Crippen molar-refractivity contribution in [3.05, 3.63) is 35.9 Å². The van der Waals surface area contributed by atoms with Crippen LogP contribution in [-0.4, -0.2) is 22.1 Å². The molecule has 1 aromatic carbocycles. The van der Waals surface area contributed by atoms with Gasteiger partial charge in [0.15, 0.2) is 0 Å². The molecule has 0 fully saturated rings. The van der Waals surface area contributed by atoms with Crippen molar-refractivity contribution in [1.29, 1.82) is 0 Å². The summed E-state index contributed by atoms with van der Waals surface area (Å²) in [5.74, 6) is 0.763. The Balaban J connectivity index is 2.69. The van der Waals surface area contributed by atoms with Crippen molar-refractivity contribution in [2.45, 2.75) is 9.90 Å². The zero-order valence-electron chi connectivity index (χ0n) is 8.53. The van der Waals surface area contributed by atoms with Crippen LogP contribution in [-0.2, 0) is 0 Å². The largest absolute Gasteiger partial charge is 0.497 e. The number of halogens is 3. The Morgan fingerprint density at radius 1 is 1.25 bits per heavy atom. The summed E-state index contributed by atoms with van der Waals surface area (Å²) in [6.45, 7) is 0. The summed E-state index contributed by atoms with van der Waals surface area (Å²) in [6, 6.07) is 7.28. The maximum atomic E-state index is 9.44. The predicted molar refractivity (Wildman–Crippen MR) is 68.3 cm³/mol. The van der Waals surface area contributed by atoms with Gasteiger partial charge in [-0.25, -0.2) is 0 Å². The lowest BCUT2D eigenvalue weighted by molar-refractivity contribution is 0.228. The number of rotatable bonds is 3. The van der Waals surface area contributed by atoms with E-state index < -0.39 is 9.90 Å². The molecule has 0 spiro atoms. The first kappa shape index (κ1) is 13.7. The lowest BCUT2D eigenvalue weighted by Gasteiger charge is -2.14. The third-order valence-electron chi connectivity index (χ3n) is 1.92. The first-order chi connectivity index (χ1) is 7.43. The van der Waals surface area contributed by atoms with Crippen LogP contribution in [0.2, 0.25) is 0 Å². The molecule has 0 heterocycles. The van der Waals surface area contributed by atoms with Crippen molar-refractivity contribution in [2.75, 3.05) is 7.11 Å². The SMILES string of the molecule is COc1ccc(/C=C/[C@@H](O)C(Cl)(Cl)Cl)cc1. The zero-order valence-corrected chi connectivity index (χ0v) is 10.8. The van der Waals surface area contributed by atoms with Gasteiger partial charge in [0.05, 0.1) is 7.11 Å². The maximum Gasteiger partial charge on any atom is 0.219 e. The lowest BCUT2D eigenvalue weighted by Crippen LogP contribution is -2.22. The van der Waals surface area contributed by atoms with Gasteiger partial charge < -0.3 is 9.84 Å². The minimum atomic E-state index is -1.71. The van der Waals surface area contributed by atoms with Crippen LogP contribution in [0, 0.1) is 0 Å². The van der Waals surface area contributed by atoms with Gasteiger partial charge in [0.25, 0.3) is 0 Å². The normalized spacial score (nSPS) is 14.1. The topological polar surface area (TPSA) is 29.5 Å². The third kappa shape index (κ3) is 4.22. The summed E-state index contributed by atoms with van der Waals surface area (Å²) in [4.78, 5) is 0. The van der Waals surface area contributed by atoms with Crippen LogP contribution in [0.5, 0.6) is 5.75 Å². The molecule has 16 heavy (non-hydrogen) atoms. The van der Waals surface area contributed by atoms with Crippen LogP contribution in [0.4, 0.5) is 0 Å². The van der Waals surface area contributed by atoms with Crippen LogP contribution in [0.1, 0.15) is 5.56 Å². The second-order valence-electron chi connectivity index (χ2n) is 3.12. The van der Waals surface area contributed by atoms with E-state index in [9.17, 15) is 5.11 Å². The highest BCUT2D eigenvalue weighted by Gasteiger charge is 2.28. The molecule has 1 rings (SSSR count). The summed E-state index contributed by atoms with van der Waals surface area (Å²) >= 11 is 16.5. The molecule has 0 aromatic heterocycles. The van der Waals surface area contributed by atoms with Gasteiger partial charge in [-0.1, -0.05) is 59.1 Å². The zero-order chi connectivity index (χ0) is 12.2. The highest BCUT2D eigenvalue weighted by Crippen LogP contribution is 2.31. The molecule has 1 aromatic rings. The Hall–Kier alpha value is -0.410. The van der Waals surface area contributed by atoms with Crippen molar-refractivity contribution >= 4 is 40.9 Å². The van der Waals surface area contributed by atoms with Gasteiger partial charge in [0.1, 0.15) is 11.9 Å². The van der Waals surface area contributed by atoms with Gasteiger partial charge in [-0.3, -0.25) is 0 Å². The van der Waals surface area contributed by atoms with Crippen LogP contribution >= 0.6 is 34.8 Å². The van der Waals surface area contributed by atoms with Crippen molar-refractivity contribution < 1.29 is 9.84 Å². The fourth-order valence-electron chi connectivity index (χ4n) is 1.03. The molecule has 0 bridgehead atoms. The molecule has 2 nitrogen and oxygen atoms in total. The number of methoxy groups -OCH3 is 1. The summed E-state index contributed by atoms with van der Waals surface area (Å²) in [6.07, 6.45) is 1.96. The molecule has 0 aliphatic heterocycles. The fourth-order valence-corrected chi connectivity index (χ4v) is 1.24. The molecule has 0 amide bonds. The average molecular weight is 282 g/mol. The maximum absolute atomic E-state index is 9.44. The van der Waals surface area contributed by atoms with Crippen molar-refractivity contribution in [3.63, 3.8) is 0 Å². The summed E-state index contributed by atoms with van der Waals surface area (Å²) in [7, 11) is 1.59. The number of benzene rings is 1. The van der Waals surface area contributed by atoms with Crippen LogP contribution in [0.25, 0.3) is 6.08 Å². The molecule has 1 atom stereocenters. The van der Waals surface area contributed by atoms with Crippen LogP contribution in [0.15, 0.2) is 30.3 Å². The van der Waals surface area contributed by atoms with E-state index in [1.165, 1.54) is 6.08 Å². The number of aliphatic hydroxyl groups is 1. The van der Waals surface area contributed by atoms with E-state index in [1.54, 1.807) is 25.3 Å². The Bertz CT molecular complexity index is 354. The molecular formula is C11H11Cl3O2. The average Bonchev–Trinajstić information content (AvgIpc) is 2.25. The van der Waals surface area contributed by atoms with Crippen LogP contribution < -0.4 is 4.74 Å². The van der Waals surface area contributed by atoms with E-state index in [0.29, 0.717) is 0 Å². The Labute approximate surface area is 109 Å². The molecule has 0 radical (unpaired) electrons. The van der Waals surface area contributed by atoms with E-state index in [-0.39, 0.29) is 0 Å². The van der Waals surface area contributed by atoms with E-state index >= 15 is 0 Å². The predicted octanol–water partition coefficient (Wildman–Crippen LogP) is 3.44. The third-order valence-corrected chi connectivity index (χ3v) is 2.59. The highest BCUT2D eigenvalue weighted by atomic mass is 35.6. The van der Waals surface area contributed by atoms with E-state index in [4.69, 9.17) is 39.5 Å². The monoisotopic (exact) mass is 280 g/mol. The second kappa shape index (κ2) is 5.78. The number of aliphatic hydroxyl groups excluding tert-OH is 1. The van der Waals surface area contributed by atoms with Gasteiger partial charge in [0.2, 0.25) is 3.79 Å². The number of hydrogen-bond donors (Lipinski definition) is 1. The first-order valence-electron chi connectivity index (χ1n) is 4.50. The van der Waals surface area contributed by atoms with Gasteiger partial charge in [-0.2, -0.15) is 0 Å². The fraction of sp³-hybridized carbons (Fsp3) is 0.273. The van der Waals surface area contributed by atoms with Crippen molar-refractivity contribution in [2.24, 2.45) is 0 Å². The standard InChI is InChI=1S/C11H11Cl3O2/c1-16-9-5-2-8(3-6-9)4-7-10(15)11(12,13)14/h2-7,10,15H,1H3/b7-4+/t10-/m1/s1. The van der Waals surface area contributed by atoms with Gasteiger partial charge >= 0.3 is 0 Å². The minimum absolute atomic E-state index is 0.763. The second-order valence-corrected chi connectivity index (χ2v) is 5.49. The molecule has 1 N–H and O–H groups in total. The van der Waals surface area contributed by atoms with Gasteiger partial charge in [0, 0.05) is 0 Å². The Morgan fingerprint density at radius 3 is 2.25 bits per heavy atom. The molecule has 0 saturated carbocycles. The lowest BCUT2D eigenvalue weighted by atomic mass is 10.2. The summed E-state index contributed by atoms with van der Waals surface area (Å²) in [5, 5.41) is 9.44. The molecule has 0 aliphatic carbocycles. The number of hydrogen-bond acceptors (Lipinski definition) is 2. The summed E-state index contributed by atoms with van der Waals surface area (Å²) in [5.41, 5.74) is 0.883. The van der Waals surface area contributed by atoms with Gasteiger partial charge in [-0.15, -0.1) is 0 Å². The Morgan fingerprint density at radius 2 is 1.81 bits per heavy atom. The van der Waals surface area contributed by atoms with E-state index in [1.807, 2.05) is 12.1 Å².